The second-order valence-corrected chi connectivity index (χ2v) is 11.0. The fourth-order valence-electron chi connectivity index (χ4n) is 3.98. The van der Waals surface area contributed by atoms with E-state index in [1.54, 1.807) is 17.0 Å². The molecule has 3 aromatic rings. The molecule has 2 amide bonds. The zero-order valence-electron chi connectivity index (χ0n) is 17.8. The molecule has 2 aromatic carbocycles. The number of thiophene rings is 1. The van der Waals surface area contributed by atoms with Crippen molar-refractivity contribution in [1.29, 1.82) is 0 Å². The predicted molar refractivity (Wildman–Crippen MR) is 127 cm³/mol. The topological polar surface area (TPSA) is 83.6 Å². The van der Waals surface area contributed by atoms with Crippen molar-refractivity contribution in [3.8, 4) is 0 Å². The monoisotopic (exact) mass is 468 g/mol. The van der Waals surface area contributed by atoms with E-state index in [0.29, 0.717) is 12.1 Å². The average molecular weight is 469 g/mol. The summed E-state index contributed by atoms with van der Waals surface area (Å²) in [7, 11) is -3.31. The minimum absolute atomic E-state index is 0.00573. The lowest BCUT2D eigenvalue weighted by atomic mass is 9.86. The SMILES string of the molecule is Cc1ccc(N2C(=O)CCC(C(=O)Nc3ccc(S(C)(=O)=O)cc3)C2c2cccs2)cc1. The minimum Gasteiger partial charge on any atom is -0.326 e. The summed E-state index contributed by atoms with van der Waals surface area (Å²) in [6.07, 6.45) is 1.86. The highest BCUT2D eigenvalue weighted by molar-refractivity contribution is 7.90. The third-order valence-corrected chi connectivity index (χ3v) is 7.70. The molecule has 1 N–H and O–H groups in total. The number of rotatable bonds is 5. The van der Waals surface area contributed by atoms with E-state index in [2.05, 4.69) is 5.32 Å². The van der Waals surface area contributed by atoms with Crippen LogP contribution >= 0.6 is 11.3 Å². The Balaban J connectivity index is 1.65. The van der Waals surface area contributed by atoms with E-state index in [9.17, 15) is 18.0 Å². The van der Waals surface area contributed by atoms with Crippen LogP contribution in [0.25, 0.3) is 0 Å². The average Bonchev–Trinajstić information content (AvgIpc) is 3.28. The van der Waals surface area contributed by atoms with Crippen molar-refractivity contribution >= 4 is 44.4 Å². The van der Waals surface area contributed by atoms with Crippen LogP contribution in [0.3, 0.4) is 0 Å². The van der Waals surface area contributed by atoms with E-state index < -0.39 is 21.8 Å². The first-order chi connectivity index (χ1) is 15.2. The van der Waals surface area contributed by atoms with Gasteiger partial charge in [0.1, 0.15) is 0 Å². The molecule has 1 aliphatic rings. The number of aryl methyl sites for hydroxylation is 1. The number of sulfone groups is 1. The van der Waals surface area contributed by atoms with Gasteiger partial charge in [-0.3, -0.25) is 9.59 Å². The Morgan fingerprint density at radius 3 is 2.34 bits per heavy atom. The van der Waals surface area contributed by atoms with Crippen molar-refractivity contribution in [2.24, 2.45) is 5.92 Å². The molecule has 0 radical (unpaired) electrons. The van der Waals surface area contributed by atoms with Crippen molar-refractivity contribution in [1.82, 2.24) is 0 Å². The largest absolute Gasteiger partial charge is 0.326 e. The Morgan fingerprint density at radius 2 is 1.75 bits per heavy atom. The molecule has 2 heterocycles. The number of benzene rings is 2. The van der Waals surface area contributed by atoms with Crippen LogP contribution in [-0.4, -0.2) is 26.5 Å². The van der Waals surface area contributed by atoms with Gasteiger partial charge in [-0.15, -0.1) is 11.3 Å². The fraction of sp³-hybridized carbons (Fsp3) is 0.250. The second kappa shape index (κ2) is 8.88. The Labute approximate surface area is 191 Å². The molecule has 0 spiro atoms. The molecule has 8 heteroatoms. The summed E-state index contributed by atoms with van der Waals surface area (Å²) < 4.78 is 23.4. The molecule has 1 aromatic heterocycles. The first kappa shape index (κ1) is 22.2. The first-order valence-corrected chi connectivity index (χ1v) is 13.0. The van der Waals surface area contributed by atoms with E-state index in [4.69, 9.17) is 0 Å². The number of piperidine rings is 1. The van der Waals surface area contributed by atoms with Crippen LogP contribution in [0.4, 0.5) is 11.4 Å². The van der Waals surface area contributed by atoms with Crippen LogP contribution in [0.5, 0.6) is 0 Å². The van der Waals surface area contributed by atoms with Gasteiger partial charge < -0.3 is 10.2 Å². The molecular weight excluding hydrogens is 444 g/mol. The normalized spacial score (nSPS) is 19.1. The van der Waals surface area contributed by atoms with Gasteiger partial charge in [-0.2, -0.15) is 0 Å². The van der Waals surface area contributed by atoms with Gasteiger partial charge in [-0.25, -0.2) is 8.42 Å². The molecule has 6 nitrogen and oxygen atoms in total. The standard InChI is InChI=1S/C24H24N2O4S2/c1-16-5-9-18(10-6-16)26-22(27)14-13-20(23(26)21-4-3-15-31-21)24(28)25-17-7-11-19(12-8-17)32(2,29)30/h3-12,15,20,23H,13-14H2,1-2H3,(H,25,28). The van der Waals surface area contributed by atoms with E-state index >= 15 is 0 Å². The number of nitrogens with one attached hydrogen (secondary N) is 1. The highest BCUT2D eigenvalue weighted by atomic mass is 32.2. The molecule has 0 aliphatic carbocycles. The summed E-state index contributed by atoms with van der Waals surface area (Å²) in [6.45, 7) is 1.99. The van der Waals surface area contributed by atoms with Gasteiger partial charge in [0, 0.05) is 28.9 Å². The van der Waals surface area contributed by atoms with E-state index in [1.165, 1.54) is 23.5 Å². The van der Waals surface area contributed by atoms with E-state index in [1.807, 2.05) is 48.7 Å². The Kier molecular flexibility index (Phi) is 6.17. The lowest BCUT2D eigenvalue weighted by molar-refractivity contribution is -0.125. The highest BCUT2D eigenvalue weighted by Gasteiger charge is 2.42. The lowest BCUT2D eigenvalue weighted by Crippen LogP contribution is -2.46. The molecule has 1 aliphatic heterocycles. The van der Waals surface area contributed by atoms with Gasteiger partial charge in [-0.05, 0) is 61.2 Å². The molecule has 2 atom stereocenters. The van der Waals surface area contributed by atoms with Crippen LogP contribution in [0.2, 0.25) is 0 Å². The maximum Gasteiger partial charge on any atom is 0.229 e. The Bertz CT molecular complexity index is 1220. The number of amides is 2. The molecule has 0 bridgehead atoms. The van der Waals surface area contributed by atoms with Crippen molar-refractivity contribution in [3.63, 3.8) is 0 Å². The van der Waals surface area contributed by atoms with E-state index in [0.717, 1.165) is 22.4 Å². The van der Waals surface area contributed by atoms with Crippen LogP contribution < -0.4 is 10.2 Å². The predicted octanol–water partition coefficient (Wildman–Crippen LogP) is 4.58. The first-order valence-electron chi connectivity index (χ1n) is 10.3. The molecule has 1 saturated heterocycles. The number of hydrogen-bond acceptors (Lipinski definition) is 5. The summed E-state index contributed by atoms with van der Waals surface area (Å²) in [5, 5.41) is 4.86. The number of carbonyl (C=O) groups excluding carboxylic acids is 2. The smallest absolute Gasteiger partial charge is 0.229 e. The second-order valence-electron chi connectivity index (χ2n) is 7.99. The summed E-state index contributed by atoms with van der Waals surface area (Å²) in [4.78, 5) is 29.2. The maximum absolute atomic E-state index is 13.3. The number of carbonyl (C=O) groups is 2. The quantitative estimate of drug-likeness (QED) is 0.594. The summed E-state index contributed by atoms with van der Waals surface area (Å²) >= 11 is 1.52. The third-order valence-electron chi connectivity index (χ3n) is 5.63. The zero-order valence-corrected chi connectivity index (χ0v) is 19.4. The van der Waals surface area contributed by atoms with Gasteiger partial charge >= 0.3 is 0 Å². The van der Waals surface area contributed by atoms with Crippen LogP contribution in [0.1, 0.15) is 29.3 Å². The number of anilines is 2. The zero-order chi connectivity index (χ0) is 22.9. The number of hydrogen-bond donors (Lipinski definition) is 1. The fourth-order valence-corrected chi connectivity index (χ4v) is 5.49. The minimum atomic E-state index is -3.31. The summed E-state index contributed by atoms with van der Waals surface area (Å²) in [5.74, 6) is -0.642. The molecule has 0 saturated carbocycles. The highest BCUT2D eigenvalue weighted by Crippen LogP contribution is 2.42. The molecule has 2 unspecified atom stereocenters. The van der Waals surface area contributed by atoms with Gasteiger partial charge in [0.15, 0.2) is 9.84 Å². The summed E-state index contributed by atoms with van der Waals surface area (Å²) in [5.41, 5.74) is 2.39. The molecule has 166 valence electrons. The third kappa shape index (κ3) is 4.61. The maximum atomic E-state index is 13.3. The van der Waals surface area contributed by atoms with Crippen LogP contribution in [0, 0.1) is 12.8 Å². The van der Waals surface area contributed by atoms with E-state index in [-0.39, 0.29) is 23.1 Å². The van der Waals surface area contributed by atoms with Crippen LogP contribution in [-0.2, 0) is 19.4 Å². The Morgan fingerprint density at radius 1 is 1.06 bits per heavy atom. The van der Waals surface area contributed by atoms with Crippen molar-refractivity contribution < 1.29 is 18.0 Å². The van der Waals surface area contributed by atoms with Gasteiger partial charge in [0.25, 0.3) is 0 Å². The van der Waals surface area contributed by atoms with Gasteiger partial charge in [-0.1, -0.05) is 23.8 Å². The number of nitrogens with zero attached hydrogens (tertiary/aromatic N) is 1. The Hall–Kier alpha value is -2.97. The summed E-state index contributed by atoms with van der Waals surface area (Å²) in [6, 6.07) is 17.3. The molecule has 32 heavy (non-hydrogen) atoms. The van der Waals surface area contributed by atoms with Crippen LogP contribution in [0.15, 0.2) is 70.9 Å². The lowest BCUT2D eigenvalue weighted by Gasteiger charge is -2.40. The molecule has 1 fully saturated rings. The van der Waals surface area contributed by atoms with Crippen molar-refractivity contribution in [2.45, 2.75) is 30.7 Å². The van der Waals surface area contributed by atoms with Gasteiger partial charge in [0.05, 0.1) is 16.9 Å². The molecular formula is C24H24N2O4S2. The molecule has 4 rings (SSSR count). The van der Waals surface area contributed by atoms with Crippen molar-refractivity contribution in [2.75, 3.05) is 16.5 Å². The van der Waals surface area contributed by atoms with Crippen molar-refractivity contribution in [3.05, 3.63) is 76.5 Å². The van der Waals surface area contributed by atoms with Gasteiger partial charge in [0.2, 0.25) is 11.8 Å².